The van der Waals surface area contributed by atoms with E-state index in [1.807, 2.05) is 6.07 Å². The Morgan fingerprint density at radius 3 is 2.58 bits per heavy atom. The molecule has 3 N–H and O–H groups in total. The SMILES string of the molecule is Nc1ccc(CC(=O)NCC(c2ccccc2)N2CCCC2)nc1. The predicted octanol–water partition coefficient (Wildman–Crippen LogP) is 2.16. The molecule has 1 aromatic heterocycles. The maximum Gasteiger partial charge on any atom is 0.226 e. The molecule has 1 saturated heterocycles. The van der Waals surface area contributed by atoms with Crippen molar-refractivity contribution in [1.29, 1.82) is 0 Å². The molecular weight excluding hydrogens is 300 g/mol. The van der Waals surface area contributed by atoms with Gasteiger partial charge in [0.25, 0.3) is 0 Å². The van der Waals surface area contributed by atoms with Gasteiger partial charge in [-0.3, -0.25) is 14.7 Å². The summed E-state index contributed by atoms with van der Waals surface area (Å²) in [7, 11) is 0. The summed E-state index contributed by atoms with van der Waals surface area (Å²) in [6.45, 7) is 2.81. The van der Waals surface area contributed by atoms with E-state index in [0.717, 1.165) is 18.8 Å². The van der Waals surface area contributed by atoms with Crippen molar-refractivity contribution in [1.82, 2.24) is 15.2 Å². The third kappa shape index (κ3) is 4.32. The highest BCUT2D eigenvalue weighted by Crippen LogP contribution is 2.24. The fourth-order valence-electron chi connectivity index (χ4n) is 3.16. The Labute approximate surface area is 142 Å². The maximum atomic E-state index is 12.2. The summed E-state index contributed by atoms with van der Waals surface area (Å²) in [6, 6.07) is 14.2. The van der Waals surface area contributed by atoms with Crippen LogP contribution in [0, 0.1) is 0 Å². The lowest BCUT2D eigenvalue weighted by molar-refractivity contribution is -0.120. The summed E-state index contributed by atoms with van der Waals surface area (Å²) in [4.78, 5) is 18.9. The molecule has 2 heterocycles. The van der Waals surface area contributed by atoms with Crippen LogP contribution in [0.25, 0.3) is 0 Å². The molecule has 0 saturated carbocycles. The molecule has 5 nitrogen and oxygen atoms in total. The van der Waals surface area contributed by atoms with Gasteiger partial charge < -0.3 is 11.1 Å². The highest BCUT2D eigenvalue weighted by atomic mass is 16.1. The van der Waals surface area contributed by atoms with Crippen LogP contribution in [0.15, 0.2) is 48.7 Å². The van der Waals surface area contributed by atoms with Crippen molar-refractivity contribution in [2.45, 2.75) is 25.3 Å². The normalized spacial score (nSPS) is 16.0. The van der Waals surface area contributed by atoms with E-state index >= 15 is 0 Å². The van der Waals surface area contributed by atoms with Crippen LogP contribution in [0.2, 0.25) is 0 Å². The van der Waals surface area contributed by atoms with Gasteiger partial charge in [-0.1, -0.05) is 30.3 Å². The number of benzene rings is 1. The highest BCUT2D eigenvalue weighted by Gasteiger charge is 2.23. The second-order valence-electron chi connectivity index (χ2n) is 6.23. The van der Waals surface area contributed by atoms with Crippen LogP contribution in [-0.2, 0) is 11.2 Å². The molecule has 2 aromatic rings. The number of nitrogens with one attached hydrogen (secondary N) is 1. The van der Waals surface area contributed by atoms with Gasteiger partial charge in [-0.05, 0) is 43.6 Å². The van der Waals surface area contributed by atoms with Crippen LogP contribution in [0.4, 0.5) is 5.69 Å². The Hall–Kier alpha value is -2.40. The monoisotopic (exact) mass is 324 g/mol. The van der Waals surface area contributed by atoms with Crippen LogP contribution >= 0.6 is 0 Å². The number of hydrogen-bond acceptors (Lipinski definition) is 4. The molecule has 0 spiro atoms. The fourth-order valence-corrected chi connectivity index (χ4v) is 3.16. The molecule has 1 aliphatic rings. The van der Waals surface area contributed by atoms with Gasteiger partial charge in [0.1, 0.15) is 0 Å². The van der Waals surface area contributed by atoms with E-state index in [2.05, 4.69) is 39.5 Å². The van der Waals surface area contributed by atoms with Gasteiger partial charge in [-0.15, -0.1) is 0 Å². The smallest absolute Gasteiger partial charge is 0.226 e. The zero-order valence-electron chi connectivity index (χ0n) is 13.8. The van der Waals surface area contributed by atoms with E-state index in [4.69, 9.17) is 5.73 Å². The van der Waals surface area contributed by atoms with Gasteiger partial charge in [-0.2, -0.15) is 0 Å². The van der Waals surface area contributed by atoms with Gasteiger partial charge >= 0.3 is 0 Å². The number of hydrogen-bond donors (Lipinski definition) is 2. The number of nitrogens with zero attached hydrogens (tertiary/aromatic N) is 2. The molecule has 3 rings (SSSR count). The number of anilines is 1. The maximum absolute atomic E-state index is 12.2. The summed E-state index contributed by atoms with van der Waals surface area (Å²) in [5.41, 5.74) is 8.22. The molecule has 1 amide bonds. The topological polar surface area (TPSA) is 71.2 Å². The molecule has 1 atom stereocenters. The Bertz CT molecular complexity index is 651. The fraction of sp³-hybridized carbons (Fsp3) is 0.368. The molecular formula is C19H24N4O. The molecule has 0 radical (unpaired) electrons. The van der Waals surface area contributed by atoms with E-state index in [9.17, 15) is 4.79 Å². The van der Waals surface area contributed by atoms with Crippen LogP contribution in [0.3, 0.4) is 0 Å². The van der Waals surface area contributed by atoms with Crippen LogP contribution in [0.5, 0.6) is 0 Å². The van der Waals surface area contributed by atoms with Crippen LogP contribution in [-0.4, -0.2) is 35.4 Å². The Kier molecular flexibility index (Phi) is 5.43. The lowest BCUT2D eigenvalue weighted by Gasteiger charge is -2.28. The van der Waals surface area contributed by atoms with Crippen molar-refractivity contribution in [3.8, 4) is 0 Å². The molecule has 24 heavy (non-hydrogen) atoms. The van der Waals surface area contributed by atoms with Crippen molar-refractivity contribution in [3.63, 3.8) is 0 Å². The molecule has 5 heteroatoms. The quantitative estimate of drug-likeness (QED) is 0.854. The van der Waals surface area contributed by atoms with Gasteiger partial charge in [0.15, 0.2) is 0 Å². The first-order valence-corrected chi connectivity index (χ1v) is 8.48. The minimum absolute atomic E-state index is 0.00704. The largest absolute Gasteiger partial charge is 0.397 e. The van der Waals surface area contributed by atoms with Crippen molar-refractivity contribution in [3.05, 3.63) is 59.9 Å². The Balaban J connectivity index is 1.60. The first-order valence-electron chi connectivity index (χ1n) is 8.48. The number of nitrogen functional groups attached to an aromatic ring is 1. The standard InChI is InChI=1S/C19H24N4O/c20-16-8-9-17(21-13-16)12-19(24)22-14-18(23-10-4-5-11-23)15-6-2-1-3-7-15/h1-3,6-9,13,18H,4-5,10-12,14,20H2,(H,22,24). The summed E-state index contributed by atoms with van der Waals surface area (Å²) in [5, 5.41) is 3.07. The number of aromatic nitrogens is 1. The van der Waals surface area contributed by atoms with Gasteiger partial charge in [0.2, 0.25) is 5.91 Å². The first-order chi connectivity index (χ1) is 11.7. The zero-order valence-corrected chi connectivity index (χ0v) is 13.8. The van der Waals surface area contributed by atoms with Gasteiger partial charge in [0.05, 0.1) is 24.3 Å². The number of rotatable bonds is 6. The Morgan fingerprint density at radius 2 is 1.92 bits per heavy atom. The van der Waals surface area contributed by atoms with Crippen LogP contribution < -0.4 is 11.1 Å². The Morgan fingerprint density at radius 1 is 1.17 bits per heavy atom. The van der Waals surface area contributed by atoms with Crippen molar-refractivity contribution < 1.29 is 4.79 Å². The van der Waals surface area contributed by atoms with Crippen LogP contribution in [0.1, 0.15) is 30.1 Å². The number of amides is 1. The second kappa shape index (κ2) is 7.93. The summed E-state index contributed by atoms with van der Waals surface area (Å²) in [6.07, 6.45) is 4.32. The van der Waals surface area contributed by atoms with Crippen molar-refractivity contribution in [2.75, 3.05) is 25.4 Å². The highest BCUT2D eigenvalue weighted by molar-refractivity contribution is 5.78. The number of carbonyl (C=O) groups excluding carboxylic acids is 1. The summed E-state index contributed by atoms with van der Waals surface area (Å²) in [5.74, 6) is -0.00704. The lowest BCUT2D eigenvalue weighted by atomic mass is 10.1. The average molecular weight is 324 g/mol. The molecule has 0 bridgehead atoms. The van der Waals surface area contributed by atoms with Crippen molar-refractivity contribution >= 4 is 11.6 Å². The number of likely N-dealkylation sites (tertiary alicyclic amines) is 1. The molecule has 0 aliphatic carbocycles. The number of pyridine rings is 1. The van der Waals surface area contributed by atoms with E-state index in [-0.39, 0.29) is 18.4 Å². The lowest BCUT2D eigenvalue weighted by Crippen LogP contribution is -2.37. The van der Waals surface area contributed by atoms with Crippen molar-refractivity contribution in [2.24, 2.45) is 0 Å². The number of nitrogens with two attached hydrogens (primary N) is 1. The van der Waals surface area contributed by atoms with E-state index in [0.29, 0.717) is 12.2 Å². The predicted molar refractivity (Wildman–Crippen MR) is 95.4 cm³/mol. The molecule has 1 fully saturated rings. The zero-order chi connectivity index (χ0) is 16.8. The van der Waals surface area contributed by atoms with E-state index in [1.54, 1.807) is 18.3 Å². The number of carbonyl (C=O) groups is 1. The molecule has 1 aliphatic heterocycles. The second-order valence-corrected chi connectivity index (χ2v) is 6.23. The van der Waals surface area contributed by atoms with Gasteiger partial charge in [0, 0.05) is 12.2 Å². The third-order valence-electron chi connectivity index (χ3n) is 4.45. The molecule has 126 valence electrons. The minimum atomic E-state index is -0.00704. The molecule has 1 aromatic carbocycles. The van der Waals surface area contributed by atoms with Gasteiger partial charge in [-0.25, -0.2) is 0 Å². The van der Waals surface area contributed by atoms with E-state index < -0.39 is 0 Å². The first kappa shape index (κ1) is 16.5. The third-order valence-corrected chi connectivity index (χ3v) is 4.45. The minimum Gasteiger partial charge on any atom is -0.397 e. The molecule has 1 unspecified atom stereocenters. The average Bonchev–Trinajstić information content (AvgIpc) is 3.12. The van der Waals surface area contributed by atoms with E-state index in [1.165, 1.54) is 18.4 Å². The summed E-state index contributed by atoms with van der Waals surface area (Å²) >= 11 is 0. The summed E-state index contributed by atoms with van der Waals surface area (Å²) < 4.78 is 0.